The number of aryl methyl sites for hydroxylation is 1. The number of nitrogens with one attached hydrogen (secondary N) is 1. The predicted octanol–water partition coefficient (Wildman–Crippen LogP) is 2.78. The highest BCUT2D eigenvalue weighted by molar-refractivity contribution is 5.92. The highest BCUT2D eigenvalue weighted by Crippen LogP contribution is 2.31. The lowest BCUT2D eigenvalue weighted by molar-refractivity contribution is -0.117. The van der Waals surface area contributed by atoms with Gasteiger partial charge in [-0.2, -0.15) is 0 Å². The van der Waals surface area contributed by atoms with E-state index in [1.165, 1.54) is 11.6 Å². The van der Waals surface area contributed by atoms with Crippen molar-refractivity contribution in [3.8, 4) is 0 Å². The summed E-state index contributed by atoms with van der Waals surface area (Å²) >= 11 is 0. The number of carbonyl (C=O) groups is 1. The van der Waals surface area contributed by atoms with Gasteiger partial charge in [-0.25, -0.2) is 0 Å². The second kappa shape index (κ2) is 6.16. The molecule has 0 aliphatic heterocycles. The molecule has 2 unspecified atom stereocenters. The quantitative estimate of drug-likeness (QED) is 0.855. The van der Waals surface area contributed by atoms with Crippen LogP contribution < -0.4 is 5.32 Å². The molecule has 0 saturated carbocycles. The van der Waals surface area contributed by atoms with Crippen LogP contribution in [-0.4, -0.2) is 17.1 Å². The summed E-state index contributed by atoms with van der Waals surface area (Å²) in [5.41, 5.74) is 4.27. The molecule has 1 aliphatic carbocycles. The van der Waals surface area contributed by atoms with Gasteiger partial charge in [0.25, 0.3) is 0 Å². The SMILES string of the molecule is Cc1ccc(/C=C/C(=O)NC2c3ccccc3CC2O)cc1. The maximum absolute atomic E-state index is 12.1. The summed E-state index contributed by atoms with van der Waals surface area (Å²) in [6, 6.07) is 15.5. The molecule has 3 rings (SSSR count). The number of aliphatic hydroxyl groups is 1. The molecule has 112 valence electrons. The van der Waals surface area contributed by atoms with E-state index in [4.69, 9.17) is 0 Å². The number of aliphatic hydroxyl groups excluding tert-OH is 1. The van der Waals surface area contributed by atoms with Crippen molar-refractivity contribution in [2.75, 3.05) is 0 Å². The van der Waals surface area contributed by atoms with Crippen LogP contribution in [-0.2, 0) is 11.2 Å². The van der Waals surface area contributed by atoms with E-state index < -0.39 is 6.10 Å². The van der Waals surface area contributed by atoms with Gasteiger partial charge >= 0.3 is 0 Å². The third kappa shape index (κ3) is 3.10. The third-order valence-corrected chi connectivity index (χ3v) is 4.01. The van der Waals surface area contributed by atoms with Gasteiger partial charge in [-0.05, 0) is 29.7 Å². The first-order valence-electron chi connectivity index (χ1n) is 7.44. The molecule has 3 heteroatoms. The fourth-order valence-corrected chi connectivity index (χ4v) is 2.80. The number of rotatable bonds is 3. The molecule has 0 bridgehead atoms. The van der Waals surface area contributed by atoms with Gasteiger partial charge < -0.3 is 10.4 Å². The van der Waals surface area contributed by atoms with Crippen LogP contribution in [0.15, 0.2) is 54.6 Å². The fourth-order valence-electron chi connectivity index (χ4n) is 2.80. The molecule has 1 aliphatic rings. The largest absolute Gasteiger partial charge is 0.390 e. The monoisotopic (exact) mass is 293 g/mol. The van der Waals surface area contributed by atoms with Crippen molar-refractivity contribution in [3.05, 3.63) is 76.9 Å². The second-order valence-corrected chi connectivity index (χ2v) is 5.70. The van der Waals surface area contributed by atoms with Gasteiger partial charge in [0.15, 0.2) is 0 Å². The Morgan fingerprint density at radius 1 is 1.18 bits per heavy atom. The summed E-state index contributed by atoms with van der Waals surface area (Å²) in [5.74, 6) is -0.193. The van der Waals surface area contributed by atoms with Crippen molar-refractivity contribution < 1.29 is 9.90 Å². The van der Waals surface area contributed by atoms with Crippen LogP contribution in [0.1, 0.15) is 28.3 Å². The van der Waals surface area contributed by atoms with Gasteiger partial charge in [-0.3, -0.25) is 4.79 Å². The molecule has 0 spiro atoms. The van der Waals surface area contributed by atoms with Gasteiger partial charge in [0, 0.05) is 12.5 Å². The van der Waals surface area contributed by atoms with Crippen molar-refractivity contribution in [1.29, 1.82) is 0 Å². The highest BCUT2D eigenvalue weighted by atomic mass is 16.3. The van der Waals surface area contributed by atoms with E-state index in [0.29, 0.717) is 6.42 Å². The van der Waals surface area contributed by atoms with Crippen LogP contribution >= 0.6 is 0 Å². The summed E-state index contributed by atoms with van der Waals surface area (Å²) in [7, 11) is 0. The summed E-state index contributed by atoms with van der Waals surface area (Å²) in [4.78, 5) is 12.1. The minimum absolute atomic E-state index is 0.193. The van der Waals surface area contributed by atoms with Crippen molar-refractivity contribution in [2.24, 2.45) is 0 Å². The molecule has 3 nitrogen and oxygen atoms in total. The maximum atomic E-state index is 12.1. The number of hydrogen-bond acceptors (Lipinski definition) is 2. The van der Waals surface area contributed by atoms with Gasteiger partial charge in [0.1, 0.15) is 0 Å². The van der Waals surface area contributed by atoms with Gasteiger partial charge in [-0.1, -0.05) is 54.1 Å². The molecular weight excluding hydrogens is 274 g/mol. The number of fused-ring (bicyclic) bond motifs is 1. The molecule has 22 heavy (non-hydrogen) atoms. The number of hydrogen-bond donors (Lipinski definition) is 2. The van der Waals surface area contributed by atoms with Crippen molar-refractivity contribution >= 4 is 12.0 Å². The molecule has 0 fully saturated rings. The van der Waals surface area contributed by atoms with E-state index >= 15 is 0 Å². The Kier molecular flexibility index (Phi) is 4.07. The molecule has 0 aromatic heterocycles. The lowest BCUT2D eigenvalue weighted by atomic mass is 10.1. The second-order valence-electron chi connectivity index (χ2n) is 5.70. The molecular formula is C19H19NO2. The van der Waals surface area contributed by atoms with E-state index in [2.05, 4.69) is 5.32 Å². The lowest BCUT2D eigenvalue weighted by Gasteiger charge is -2.16. The standard InChI is InChI=1S/C19H19NO2/c1-13-6-8-14(9-7-13)10-11-18(22)20-19-16-5-3-2-4-15(16)12-17(19)21/h2-11,17,19,21H,12H2,1H3,(H,20,22)/b11-10+. The average Bonchev–Trinajstić information content (AvgIpc) is 2.83. The summed E-state index contributed by atoms with van der Waals surface area (Å²) in [6.07, 6.45) is 3.32. The lowest BCUT2D eigenvalue weighted by Crippen LogP contribution is -2.32. The van der Waals surface area contributed by atoms with E-state index in [-0.39, 0.29) is 11.9 Å². The van der Waals surface area contributed by atoms with Crippen LogP contribution in [0.3, 0.4) is 0 Å². The van der Waals surface area contributed by atoms with Crippen LogP contribution in [0, 0.1) is 6.92 Å². The van der Waals surface area contributed by atoms with E-state index in [9.17, 15) is 9.90 Å². The first-order valence-corrected chi connectivity index (χ1v) is 7.44. The number of carbonyl (C=O) groups excluding carboxylic acids is 1. The van der Waals surface area contributed by atoms with Gasteiger partial charge in [0.05, 0.1) is 12.1 Å². The Balaban J connectivity index is 1.68. The summed E-state index contributed by atoms with van der Waals surface area (Å²) in [6.45, 7) is 2.03. The molecule has 0 heterocycles. The Bertz CT molecular complexity index is 704. The van der Waals surface area contributed by atoms with Crippen molar-refractivity contribution in [2.45, 2.75) is 25.5 Å². The van der Waals surface area contributed by atoms with Crippen LogP contribution in [0.2, 0.25) is 0 Å². The number of amides is 1. The molecule has 2 aromatic carbocycles. The Morgan fingerprint density at radius 2 is 1.91 bits per heavy atom. The summed E-state index contributed by atoms with van der Waals surface area (Å²) < 4.78 is 0. The van der Waals surface area contributed by atoms with E-state index in [1.54, 1.807) is 6.08 Å². The van der Waals surface area contributed by atoms with Gasteiger partial charge in [0.2, 0.25) is 5.91 Å². The predicted molar refractivity (Wildman–Crippen MR) is 87.2 cm³/mol. The minimum atomic E-state index is -0.561. The molecule has 2 aromatic rings. The van der Waals surface area contributed by atoms with Gasteiger partial charge in [-0.15, -0.1) is 0 Å². The third-order valence-electron chi connectivity index (χ3n) is 4.01. The zero-order chi connectivity index (χ0) is 15.5. The van der Waals surface area contributed by atoms with E-state index in [0.717, 1.165) is 16.7 Å². The smallest absolute Gasteiger partial charge is 0.244 e. The zero-order valence-electron chi connectivity index (χ0n) is 12.5. The zero-order valence-corrected chi connectivity index (χ0v) is 12.5. The van der Waals surface area contributed by atoms with Crippen LogP contribution in [0.4, 0.5) is 0 Å². The normalized spacial score (nSPS) is 20.1. The van der Waals surface area contributed by atoms with Crippen LogP contribution in [0.5, 0.6) is 0 Å². The highest BCUT2D eigenvalue weighted by Gasteiger charge is 2.31. The Morgan fingerprint density at radius 3 is 2.68 bits per heavy atom. The molecule has 2 N–H and O–H groups in total. The van der Waals surface area contributed by atoms with E-state index in [1.807, 2.05) is 55.5 Å². The number of benzene rings is 2. The van der Waals surface area contributed by atoms with Crippen molar-refractivity contribution in [3.63, 3.8) is 0 Å². The molecule has 2 atom stereocenters. The first-order chi connectivity index (χ1) is 10.6. The van der Waals surface area contributed by atoms with Crippen LogP contribution in [0.25, 0.3) is 6.08 Å². The Labute approximate surface area is 130 Å². The minimum Gasteiger partial charge on any atom is -0.390 e. The first kappa shape index (κ1) is 14.5. The maximum Gasteiger partial charge on any atom is 0.244 e. The fraction of sp³-hybridized carbons (Fsp3) is 0.211. The summed E-state index contributed by atoms with van der Waals surface area (Å²) in [5, 5.41) is 13.0. The Hall–Kier alpha value is -2.39. The molecule has 0 saturated heterocycles. The average molecular weight is 293 g/mol. The molecule has 1 amide bonds. The molecule has 0 radical (unpaired) electrons. The topological polar surface area (TPSA) is 49.3 Å². The van der Waals surface area contributed by atoms with Crippen molar-refractivity contribution in [1.82, 2.24) is 5.32 Å².